The summed E-state index contributed by atoms with van der Waals surface area (Å²) >= 11 is 0. The van der Waals surface area contributed by atoms with Crippen LogP contribution in [0.25, 0.3) is 0 Å². The Balaban J connectivity index is 1.72. The van der Waals surface area contributed by atoms with Crippen molar-refractivity contribution < 1.29 is 0 Å². The second kappa shape index (κ2) is 4.22. The zero-order chi connectivity index (χ0) is 10.7. The fourth-order valence-electron chi connectivity index (χ4n) is 1.99. The lowest BCUT2D eigenvalue weighted by Gasteiger charge is -1.98. The molecule has 0 aliphatic heterocycles. The minimum atomic E-state index is 0.587. The van der Waals surface area contributed by atoms with Crippen molar-refractivity contribution in [3.05, 3.63) is 48.0 Å². The SMILES string of the molecule is CC1(C)CC1/C=C/CCc1ccccc1. The van der Waals surface area contributed by atoms with E-state index in [-0.39, 0.29) is 0 Å². The topological polar surface area (TPSA) is 0 Å². The first-order valence-corrected chi connectivity index (χ1v) is 5.89. The smallest absolute Gasteiger partial charge is 0.0177 e. The van der Waals surface area contributed by atoms with E-state index in [9.17, 15) is 0 Å². The molecule has 0 N–H and O–H groups in total. The molecule has 0 nitrogen and oxygen atoms in total. The van der Waals surface area contributed by atoms with Crippen LogP contribution in [0.1, 0.15) is 32.3 Å². The molecule has 0 aromatic heterocycles. The van der Waals surface area contributed by atoms with Crippen LogP contribution >= 0.6 is 0 Å². The summed E-state index contributed by atoms with van der Waals surface area (Å²) in [6, 6.07) is 10.7. The van der Waals surface area contributed by atoms with E-state index in [4.69, 9.17) is 0 Å². The van der Waals surface area contributed by atoms with Crippen molar-refractivity contribution >= 4 is 0 Å². The van der Waals surface area contributed by atoms with Gasteiger partial charge in [0.15, 0.2) is 0 Å². The maximum atomic E-state index is 2.41. The molecular weight excluding hydrogens is 180 g/mol. The minimum absolute atomic E-state index is 0.587. The zero-order valence-corrected chi connectivity index (χ0v) is 9.74. The molecule has 0 amide bonds. The van der Waals surface area contributed by atoms with E-state index in [0.29, 0.717) is 5.41 Å². The normalized spacial score (nSPS) is 23.2. The Hall–Kier alpha value is -1.04. The van der Waals surface area contributed by atoms with Gasteiger partial charge in [-0.15, -0.1) is 0 Å². The highest BCUT2D eigenvalue weighted by molar-refractivity contribution is 5.15. The molecule has 1 aliphatic rings. The second-order valence-electron chi connectivity index (χ2n) is 5.25. The van der Waals surface area contributed by atoms with Gasteiger partial charge in [0.25, 0.3) is 0 Å². The summed E-state index contributed by atoms with van der Waals surface area (Å²) < 4.78 is 0. The number of rotatable bonds is 4. The molecule has 1 aromatic rings. The number of aryl methyl sites for hydroxylation is 1. The van der Waals surface area contributed by atoms with Gasteiger partial charge in [-0.3, -0.25) is 0 Å². The van der Waals surface area contributed by atoms with Crippen LogP contribution in [-0.4, -0.2) is 0 Å². The number of hydrogen-bond donors (Lipinski definition) is 0. The number of allylic oxidation sites excluding steroid dienone is 2. The molecule has 1 fully saturated rings. The molecule has 1 saturated carbocycles. The van der Waals surface area contributed by atoms with Gasteiger partial charge in [-0.2, -0.15) is 0 Å². The van der Waals surface area contributed by atoms with Crippen molar-refractivity contribution in [2.45, 2.75) is 33.1 Å². The van der Waals surface area contributed by atoms with Gasteiger partial charge in [0.2, 0.25) is 0 Å². The molecular formula is C15H20. The fourth-order valence-corrected chi connectivity index (χ4v) is 1.99. The van der Waals surface area contributed by atoms with Crippen LogP contribution in [0.3, 0.4) is 0 Å². The third-order valence-corrected chi connectivity index (χ3v) is 3.40. The van der Waals surface area contributed by atoms with Gasteiger partial charge in [0.1, 0.15) is 0 Å². The van der Waals surface area contributed by atoms with Crippen LogP contribution in [0.5, 0.6) is 0 Å². The second-order valence-corrected chi connectivity index (χ2v) is 5.25. The van der Waals surface area contributed by atoms with Crippen LogP contribution in [0.4, 0.5) is 0 Å². The first-order valence-electron chi connectivity index (χ1n) is 5.89. The van der Waals surface area contributed by atoms with E-state index in [1.807, 2.05) is 0 Å². The highest BCUT2D eigenvalue weighted by Gasteiger charge is 2.43. The maximum absolute atomic E-state index is 2.41. The standard InChI is InChI=1S/C15H20/c1-15(2)12-14(15)11-7-6-10-13-8-4-3-5-9-13/h3-5,7-9,11,14H,6,10,12H2,1-2H3/b11-7+. The molecule has 0 heteroatoms. The predicted molar refractivity (Wildman–Crippen MR) is 65.8 cm³/mol. The molecule has 1 unspecified atom stereocenters. The molecule has 2 rings (SSSR count). The summed E-state index contributed by atoms with van der Waals surface area (Å²) in [5.74, 6) is 0.841. The summed E-state index contributed by atoms with van der Waals surface area (Å²) in [5.41, 5.74) is 2.03. The van der Waals surface area contributed by atoms with Gasteiger partial charge in [0, 0.05) is 0 Å². The maximum Gasteiger partial charge on any atom is -0.0177 e. The molecule has 0 heterocycles. The van der Waals surface area contributed by atoms with Crippen molar-refractivity contribution in [2.24, 2.45) is 11.3 Å². The molecule has 80 valence electrons. The Bertz CT molecular complexity index is 332. The Morgan fingerprint density at radius 1 is 1.27 bits per heavy atom. The fraction of sp³-hybridized carbons (Fsp3) is 0.467. The van der Waals surface area contributed by atoms with Gasteiger partial charge < -0.3 is 0 Å². The molecule has 0 radical (unpaired) electrons. The lowest BCUT2D eigenvalue weighted by molar-refractivity contribution is 0.609. The summed E-state index contributed by atoms with van der Waals surface area (Å²) in [7, 11) is 0. The summed E-state index contributed by atoms with van der Waals surface area (Å²) in [6.45, 7) is 4.69. The number of hydrogen-bond acceptors (Lipinski definition) is 0. The first kappa shape index (κ1) is 10.5. The molecule has 1 aromatic carbocycles. The van der Waals surface area contributed by atoms with E-state index < -0.39 is 0 Å². The zero-order valence-electron chi connectivity index (χ0n) is 9.74. The monoisotopic (exact) mass is 200 g/mol. The number of benzene rings is 1. The average molecular weight is 200 g/mol. The Kier molecular flexibility index (Phi) is 2.95. The van der Waals surface area contributed by atoms with Crippen LogP contribution in [0.15, 0.2) is 42.5 Å². The van der Waals surface area contributed by atoms with Crippen LogP contribution in [-0.2, 0) is 6.42 Å². The Morgan fingerprint density at radius 2 is 1.93 bits per heavy atom. The minimum Gasteiger partial charge on any atom is -0.0879 e. The highest BCUT2D eigenvalue weighted by Crippen LogP contribution is 2.52. The summed E-state index contributed by atoms with van der Waals surface area (Å²) in [6.07, 6.45) is 8.48. The Labute approximate surface area is 93.0 Å². The van der Waals surface area contributed by atoms with Crippen molar-refractivity contribution in [1.29, 1.82) is 0 Å². The summed E-state index contributed by atoms with van der Waals surface area (Å²) in [4.78, 5) is 0. The van der Waals surface area contributed by atoms with Crippen LogP contribution < -0.4 is 0 Å². The third-order valence-electron chi connectivity index (χ3n) is 3.40. The highest BCUT2D eigenvalue weighted by atomic mass is 14.5. The molecule has 0 spiro atoms. The van der Waals surface area contributed by atoms with Crippen LogP contribution in [0.2, 0.25) is 0 Å². The van der Waals surface area contributed by atoms with Crippen LogP contribution in [0, 0.1) is 11.3 Å². The average Bonchev–Trinajstić information content (AvgIpc) is 2.83. The van der Waals surface area contributed by atoms with E-state index in [1.54, 1.807) is 0 Å². The van der Waals surface area contributed by atoms with E-state index in [0.717, 1.165) is 5.92 Å². The quantitative estimate of drug-likeness (QED) is 0.638. The van der Waals surface area contributed by atoms with Crippen molar-refractivity contribution in [2.75, 3.05) is 0 Å². The molecule has 1 atom stereocenters. The first-order chi connectivity index (χ1) is 7.18. The van der Waals surface area contributed by atoms with Gasteiger partial charge in [-0.25, -0.2) is 0 Å². The summed E-state index contributed by atoms with van der Waals surface area (Å²) in [5, 5.41) is 0. The van der Waals surface area contributed by atoms with Gasteiger partial charge >= 0.3 is 0 Å². The largest absolute Gasteiger partial charge is 0.0879 e. The van der Waals surface area contributed by atoms with Gasteiger partial charge in [0.05, 0.1) is 0 Å². The lowest BCUT2D eigenvalue weighted by atomic mass is 10.1. The molecule has 15 heavy (non-hydrogen) atoms. The van der Waals surface area contributed by atoms with Crippen molar-refractivity contribution in [1.82, 2.24) is 0 Å². The van der Waals surface area contributed by atoms with Crippen molar-refractivity contribution in [3.63, 3.8) is 0 Å². The van der Waals surface area contributed by atoms with E-state index in [2.05, 4.69) is 56.3 Å². The molecule has 0 bridgehead atoms. The Morgan fingerprint density at radius 3 is 2.53 bits per heavy atom. The predicted octanol–water partition coefficient (Wildman–Crippen LogP) is 4.22. The van der Waals surface area contributed by atoms with E-state index in [1.165, 1.54) is 24.8 Å². The van der Waals surface area contributed by atoms with E-state index >= 15 is 0 Å². The molecule has 0 saturated heterocycles. The van der Waals surface area contributed by atoms with Gasteiger partial charge in [-0.05, 0) is 36.2 Å². The lowest BCUT2D eigenvalue weighted by Crippen LogP contribution is -1.86. The third kappa shape index (κ3) is 2.95. The van der Waals surface area contributed by atoms with Crippen molar-refractivity contribution in [3.8, 4) is 0 Å². The molecule has 1 aliphatic carbocycles. The van der Waals surface area contributed by atoms with Gasteiger partial charge in [-0.1, -0.05) is 56.3 Å².